The Hall–Kier alpha value is -0.0800. The highest BCUT2D eigenvalue weighted by Crippen LogP contribution is 2.28. The van der Waals surface area contributed by atoms with Gasteiger partial charge in [-0.3, -0.25) is 0 Å². The van der Waals surface area contributed by atoms with E-state index in [0.717, 1.165) is 19.4 Å². The second-order valence-corrected chi connectivity index (χ2v) is 4.09. The first-order valence-electron chi connectivity index (χ1n) is 5.67. The van der Waals surface area contributed by atoms with Crippen molar-refractivity contribution in [2.75, 3.05) is 13.2 Å². The molecule has 0 aromatic heterocycles. The largest absolute Gasteiger partial charge is 0.374 e. The minimum atomic E-state index is 0.0230. The van der Waals surface area contributed by atoms with Gasteiger partial charge >= 0.3 is 0 Å². The molecule has 0 atom stereocenters. The normalized spacial score (nSPS) is 23.5. The summed E-state index contributed by atoms with van der Waals surface area (Å²) in [6.07, 6.45) is 9.01. The standard InChI is InChI=1S/C11H23NO/c1-2-13-11(10-12)8-6-4-3-5-7-9-11/h2-10,12H2,1H3. The third kappa shape index (κ3) is 3.28. The van der Waals surface area contributed by atoms with Gasteiger partial charge in [0.05, 0.1) is 5.60 Å². The Balaban J connectivity index is 2.47. The van der Waals surface area contributed by atoms with Crippen LogP contribution < -0.4 is 5.73 Å². The molecule has 2 heteroatoms. The lowest BCUT2D eigenvalue weighted by Crippen LogP contribution is -2.41. The van der Waals surface area contributed by atoms with Gasteiger partial charge in [-0.1, -0.05) is 32.1 Å². The van der Waals surface area contributed by atoms with E-state index >= 15 is 0 Å². The van der Waals surface area contributed by atoms with E-state index in [9.17, 15) is 0 Å². The molecule has 0 radical (unpaired) electrons. The van der Waals surface area contributed by atoms with Gasteiger partial charge < -0.3 is 10.5 Å². The molecule has 0 aromatic carbocycles. The summed E-state index contributed by atoms with van der Waals surface area (Å²) in [6.45, 7) is 3.56. The molecule has 0 unspecified atom stereocenters. The van der Waals surface area contributed by atoms with E-state index < -0.39 is 0 Å². The van der Waals surface area contributed by atoms with Crippen molar-refractivity contribution >= 4 is 0 Å². The average molecular weight is 185 g/mol. The summed E-state index contributed by atoms with van der Waals surface area (Å²) in [5, 5.41) is 0. The average Bonchev–Trinajstić information content (AvgIpc) is 2.10. The van der Waals surface area contributed by atoms with Crippen molar-refractivity contribution in [3.05, 3.63) is 0 Å². The topological polar surface area (TPSA) is 35.2 Å². The van der Waals surface area contributed by atoms with Gasteiger partial charge in [0.15, 0.2) is 0 Å². The van der Waals surface area contributed by atoms with E-state index in [2.05, 4.69) is 6.92 Å². The Kier molecular flexibility index (Phi) is 4.74. The lowest BCUT2D eigenvalue weighted by Gasteiger charge is -2.34. The fourth-order valence-corrected chi connectivity index (χ4v) is 2.26. The van der Waals surface area contributed by atoms with Gasteiger partial charge in [-0.25, -0.2) is 0 Å². The highest BCUT2D eigenvalue weighted by Gasteiger charge is 2.28. The number of nitrogens with two attached hydrogens (primary N) is 1. The zero-order valence-electron chi connectivity index (χ0n) is 8.85. The SMILES string of the molecule is CCOC1(CN)CCCCCCC1. The van der Waals surface area contributed by atoms with Crippen molar-refractivity contribution in [1.29, 1.82) is 0 Å². The van der Waals surface area contributed by atoms with Crippen LogP contribution in [0, 0.1) is 0 Å². The lowest BCUT2D eigenvalue weighted by molar-refractivity contribution is -0.0500. The maximum absolute atomic E-state index is 5.83. The summed E-state index contributed by atoms with van der Waals surface area (Å²) in [4.78, 5) is 0. The van der Waals surface area contributed by atoms with E-state index in [0.29, 0.717) is 6.54 Å². The van der Waals surface area contributed by atoms with Crippen LogP contribution in [-0.4, -0.2) is 18.8 Å². The molecule has 1 aliphatic rings. The van der Waals surface area contributed by atoms with Crippen LogP contribution in [0.4, 0.5) is 0 Å². The fourth-order valence-electron chi connectivity index (χ4n) is 2.26. The molecular weight excluding hydrogens is 162 g/mol. The number of hydrogen-bond acceptors (Lipinski definition) is 2. The lowest BCUT2D eigenvalue weighted by atomic mass is 9.87. The smallest absolute Gasteiger partial charge is 0.0804 e. The van der Waals surface area contributed by atoms with Gasteiger partial charge in [-0.15, -0.1) is 0 Å². The van der Waals surface area contributed by atoms with Gasteiger partial charge in [0, 0.05) is 13.2 Å². The molecule has 1 rings (SSSR count). The molecule has 0 amide bonds. The molecular formula is C11H23NO. The minimum absolute atomic E-state index is 0.0230. The van der Waals surface area contributed by atoms with Gasteiger partial charge in [-0.05, 0) is 19.8 Å². The predicted molar refractivity (Wildman–Crippen MR) is 55.7 cm³/mol. The van der Waals surface area contributed by atoms with Crippen LogP contribution in [0.25, 0.3) is 0 Å². The van der Waals surface area contributed by atoms with Crippen LogP contribution in [0.5, 0.6) is 0 Å². The van der Waals surface area contributed by atoms with E-state index in [4.69, 9.17) is 10.5 Å². The minimum Gasteiger partial charge on any atom is -0.374 e. The summed E-state index contributed by atoms with van der Waals surface area (Å²) >= 11 is 0. The molecule has 2 N–H and O–H groups in total. The molecule has 0 aliphatic heterocycles. The summed E-state index contributed by atoms with van der Waals surface area (Å²) in [5.74, 6) is 0. The molecule has 0 spiro atoms. The van der Waals surface area contributed by atoms with Crippen molar-refractivity contribution in [3.63, 3.8) is 0 Å². The molecule has 78 valence electrons. The summed E-state index contributed by atoms with van der Waals surface area (Å²) in [7, 11) is 0. The third-order valence-corrected chi connectivity index (χ3v) is 3.09. The zero-order valence-corrected chi connectivity index (χ0v) is 8.85. The highest BCUT2D eigenvalue weighted by molar-refractivity contribution is 4.83. The number of ether oxygens (including phenoxy) is 1. The Labute approximate surface area is 81.8 Å². The predicted octanol–water partition coefficient (Wildman–Crippen LogP) is 2.46. The van der Waals surface area contributed by atoms with Crippen LogP contribution in [0.3, 0.4) is 0 Å². The Morgan fingerprint density at radius 2 is 1.62 bits per heavy atom. The molecule has 2 nitrogen and oxygen atoms in total. The summed E-state index contributed by atoms with van der Waals surface area (Å²) < 4.78 is 5.83. The monoisotopic (exact) mass is 185 g/mol. The van der Waals surface area contributed by atoms with Crippen LogP contribution in [0.15, 0.2) is 0 Å². The van der Waals surface area contributed by atoms with Gasteiger partial charge in [0.25, 0.3) is 0 Å². The Morgan fingerprint density at radius 3 is 2.08 bits per heavy atom. The van der Waals surface area contributed by atoms with Gasteiger partial charge in [0.2, 0.25) is 0 Å². The Bertz CT molecular complexity index is 128. The van der Waals surface area contributed by atoms with Crippen LogP contribution >= 0.6 is 0 Å². The quantitative estimate of drug-likeness (QED) is 0.733. The van der Waals surface area contributed by atoms with Crippen LogP contribution in [0.2, 0.25) is 0 Å². The number of hydrogen-bond donors (Lipinski definition) is 1. The van der Waals surface area contributed by atoms with E-state index in [1.165, 1.54) is 32.1 Å². The van der Waals surface area contributed by atoms with Crippen LogP contribution in [-0.2, 0) is 4.74 Å². The second kappa shape index (κ2) is 5.61. The van der Waals surface area contributed by atoms with Gasteiger partial charge in [0.1, 0.15) is 0 Å². The molecule has 1 saturated carbocycles. The maximum atomic E-state index is 5.83. The highest BCUT2D eigenvalue weighted by atomic mass is 16.5. The van der Waals surface area contributed by atoms with Crippen molar-refractivity contribution in [2.24, 2.45) is 5.73 Å². The molecule has 0 heterocycles. The molecule has 13 heavy (non-hydrogen) atoms. The molecule has 0 saturated heterocycles. The zero-order chi connectivity index (χ0) is 9.57. The van der Waals surface area contributed by atoms with E-state index in [1.54, 1.807) is 0 Å². The molecule has 1 aliphatic carbocycles. The Morgan fingerprint density at radius 1 is 1.08 bits per heavy atom. The van der Waals surface area contributed by atoms with Crippen molar-refractivity contribution in [1.82, 2.24) is 0 Å². The first-order valence-corrected chi connectivity index (χ1v) is 5.67. The number of rotatable bonds is 3. The first-order chi connectivity index (χ1) is 6.33. The first kappa shape index (κ1) is 11.0. The second-order valence-electron chi connectivity index (χ2n) is 4.09. The maximum Gasteiger partial charge on any atom is 0.0804 e. The fraction of sp³-hybridized carbons (Fsp3) is 1.00. The molecule has 1 fully saturated rings. The van der Waals surface area contributed by atoms with Crippen LogP contribution in [0.1, 0.15) is 51.9 Å². The molecule has 0 aromatic rings. The van der Waals surface area contributed by atoms with E-state index in [-0.39, 0.29) is 5.60 Å². The summed E-state index contributed by atoms with van der Waals surface area (Å²) in [5.41, 5.74) is 5.84. The van der Waals surface area contributed by atoms with Crippen molar-refractivity contribution < 1.29 is 4.74 Å². The molecule has 0 bridgehead atoms. The summed E-state index contributed by atoms with van der Waals surface area (Å²) in [6, 6.07) is 0. The third-order valence-electron chi connectivity index (χ3n) is 3.09. The van der Waals surface area contributed by atoms with Crippen molar-refractivity contribution in [2.45, 2.75) is 57.5 Å². The van der Waals surface area contributed by atoms with Gasteiger partial charge in [-0.2, -0.15) is 0 Å². The van der Waals surface area contributed by atoms with E-state index in [1.807, 2.05) is 0 Å². The van der Waals surface area contributed by atoms with Crippen molar-refractivity contribution in [3.8, 4) is 0 Å².